The molecule has 1 aromatic carbocycles. The zero-order chi connectivity index (χ0) is 21.1. The third-order valence-electron chi connectivity index (χ3n) is 5.39. The molecule has 29 heavy (non-hydrogen) atoms. The summed E-state index contributed by atoms with van der Waals surface area (Å²) in [7, 11) is 0. The van der Waals surface area contributed by atoms with Crippen molar-refractivity contribution in [1.29, 1.82) is 0 Å². The van der Waals surface area contributed by atoms with Crippen molar-refractivity contribution in [3.05, 3.63) is 35.9 Å². The molecular weight excluding hydrogens is 368 g/mol. The highest BCUT2D eigenvalue weighted by Crippen LogP contribution is 2.22. The predicted molar refractivity (Wildman–Crippen MR) is 113 cm³/mol. The molecule has 1 aliphatic heterocycles. The molecular formula is C22H34N4O3. The maximum atomic E-state index is 12.3. The number of piperidine rings is 1. The van der Waals surface area contributed by atoms with Crippen LogP contribution in [0.15, 0.2) is 30.3 Å². The van der Waals surface area contributed by atoms with Gasteiger partial charge in [-0.1, -0.05) is 43.7 Å². The van der Waals surface area contributed by atoms with Gasteiger partial charge in [0.15, 0.2) is 0 Å². The summed E-state index contributed by atoms with van der Waals surface area (Å²) in [4.78, 5) is 38.5. The number of nitrogens with zero attached hydrogens (tertiary/aromatic N) is 1. The number of nitrogens with one attached hydrogen (secondary N) is 3. The van der Waals surface area contributed by atoms with Gasteiger partial charge in [-0.15, -0.1) is 0 Å². The maximum Gasteiger partial charge on any atom is 0.321 e. The Morgan fingerprint density at radius 2 is 1.86 bits per heavy atom. The Morgan fingerprint density at radius 3 is 2.59 bits per heavy atom. The number of imide groups is 1. The SMILES string of the molecule is CCCCNC(=O)C1CCC(C)N(CCC(=O)NC(=O)NCc2ccccc2)C1. The molecule has 160 valence electrons. The minimum Gasteiger partial charge on any atom is -0.356 e. The second-order valence-corrected chi connectivity index (χ2v) is 7.73. The summed E-state index contributed by atoms with van der Waals surface area (Å²) in [5.41, 5.74) is 0.973. The van der Waals surface area contributed by atoms with Gasteiger partial charge in [-0.3, -0.25) is 19.8 Å². The van der Waals surface area contributed by atoms with Gasteiger partial charge < -0.3 is 10.6 Å². The highest BCUT2D eigenvalue weighted by atomic mass is 16.2. The summed E-state index contributed by atoms with van der Waals surface area (Å²) < 4.78 is 0. The first-order valence-corrected chi connectivity index (χ1v) is 10.6. The Labute approximate surface area is 173 Å². The van der Waals surface area contributed by atoms with Crippen LogP contribution in [0, 0.1) is 5.92 Å². The molecule has 1 aliphatic rings. The molecule has 2 rings (SSSR count). The van der Waals surface area contributed by atoms with E-state index in [1.165, 1.54) is 0 Å². The summed E-state index contributed by atoms with van der Waals surface area (Å²) in [5, 5.41) is 8.07. The van der Waals surface area contributed by atoms with Crippen LogP contribution in [0.3, 0.4) is 0 Å². The minimum atomic E-state index is -0.487. The molecule has 1 fully saturated rings. The molecule has 0 radical (unpaired) electrons. The highest BCUT2D eigenvalue weighted by molar-refractivity contribution is 5.94. The van der Waals surface area contributed by atoms with Crippen molar-refractivity contribution < 1.29 is 14.4 Å². The van der Waals surface area contributed by atoms with E-state index in [1.807, 2.05) is 30.3 Å². The second kappa shape index (κ2) is 12.2. The van der Waals surface area contributed by atoms with Crippen LogP contribution >= 0.6 is 0 Å². The molecule has 0 bridgehead atoms. The van der Waals surface area contributed by atoms with Gasteiger partial charge in [-0.2, -0.15) is 0 Å². The highest BCUT2D eigenvalue weighted by Gasteiger charge is 2.29. The first kappa shape index (κ1) is 22.9. The number of hydrogen-bond acceptors (Lipinski definition) is 4. The molecule has 7 nitrogen and oxygen atoms in total. The van der Waals surface area contributed by atoms with Crippen molar-refractivity contribution in [2.75, 3.05) is 19.6 Å². The van der Waals surface area contributed by atoms with Crippen molar-refractivity contribution >= 4 is 17.8 Å². The number of rotatable bonds is 9. The molecule has 2 unspecified atom stereocenters. The molecule has 4 amide bonds. The lowest BCUT2D eigenvalue weighted by molar-refractivity contribution is -0.127. The van der Waals surface area contributed by atoms with E-state index in [1.54, 1.807) is 0 Å². The van der Waals surface area contributed by atoms with Crippen LogP contribution in [0.1, 0.15) is 51.5 Å². The number of urea groups is 1. The number of hydrogen-bond donors (Lipinski definition) is 3. The number of carbonyl (C=O) groups is 3. The van der Waals surface area contributed by atoms with Crippen molar-refractivity contribution in [2.45, 2.75) is 58.5 Å². The van der Waals surface area contributed by atoms with Crippen LogP contribution in [0.4, 0.5) is 4.79 Å². The van der Waals surface area contributed by atoms with Crippen molar-refractivity contribution in [1.82, 2.24) is 20.9 Å². The van der Waals surface area contributed by atoms with Gasteiger partial charge in [0.1, 0.15) is 0 Å². The van der Waals surface area contributed by atoms with Crippen LogP contribution in [0.2, 0.25) is 0 Å². The normalized spacial score (nSPS) is 19.4. The van der Waals surface area contributed by atoms with E-state index < -0.39 is 6.03 Å². The Hall–Kier alpha value is -2.41. The average Bonchev–Trinajstić information content (AvgIpc) is 2.72. The van der Waals surface area contributed by atoms with Gasteiger partial charge in [0.25, 0.3) is 0 Å². The molecule has 3 N–H and O–H groups in total. The first-order chi connectivity index (χ1) is 14.0. The third kappa shape index (κ3) is 8.23. The average molecular weight is 403 g/mol. The van der Waals surface area contributed by atoms with E-state index >= 15 is 0 Å². The number of carbonyl (C=O) groups excluding carboxylic acids is 3. The molecule has 0 aromatic heterocycles. The quantitative estimate of drug-likeness (QED) is 0.553. The van der Waals surface area contributed by atoms with Crippen LogP contribution in [0.25, 0.3) is 0 Å². The van der Waals surface area contributed by atoms with Gasteiger partial charge in [0, 0.05) is 38.6 Å². The summed E-state index contributed by atoms with van der Waals surface area (Å²) >= 11 is 0. The molecule has 7 heteroatoms. The number of amides is 4. The van der Waals surface area contributed by atoms with E-state index in [9.17, 15) is 14.4 Å². The lowest BCUT2D eigenvalue weighted by Crippen LogP contribution is -2.48. The van der Waals surface area contributed by atoms with Crippen LogP contribution in [0.5, 0.6) is 0 Å². The van der Waals surface area contributed by atoms with E-state index in [-0.39, 0.29) is 24.2 Å². The fraction of sp³-hybridized carbons (Fsp3) is 0.591. The molecule has 2 atom stereocenters. The van der Waals surface area contributed by atoms with Crippen molar-refractivity contribution in [2.24, 2.45) is 5.92 Å². The van der Waals surface area contributed by atoms with Gasteiger partial charge >= 0.3 is 6.03 Å². The smallest absolute Gasteiger partial charge is 0.321 e. The van der Waals surface area contributed by atoms with Gasteiger partial charge in [-0.05, 0) is 31.7 Å². The Bertz CT molecular complexity index is 665. The van der Waals surface area contributed by atoms with Crippen molar-refractivity contribution in [3.63, 3.8) is 0 Å². The fourth-order valence-electron chi connectivity index (χ4n) is 3.49. The Morgan fingerprint density at radius 1 is 1.10 bits per heavy atom. The summed E-state index contributed by atoms with van der Waals surface area (Å²) in [6, 6.07) is 9.37. The molecule has 1 aromatic rings. The van der Waals surface area contributed by atoms with E-state index in [0.717, 1.165) is 37.8 Å². The lowest BCUT2D eigenvalue weighted by Gasteiger charge is -2.37. The molecule has 1 saturated heterocycles. The van der Waals surface area contributed by atoms with Gasteiger partial charge in [0.2, 0.25) is 11.8 Å². The zero-order valence-electron chi connectivity index (χ0n) is 17.6. The lowest BCUT2D eigenvalue weighted by atomic mass is 9.92. The third-order valence-corrected chi connectivity index (χ3v) is 5.39. The van der Waals surface area contributed by atoms with Gasteiger partial charge in [0.05, 0.1) is 5.92 Å². The van der Waals surface area contributed by atoms with Crippen LogP contribution in [-0.2, 0) is 16.1 Å². The molecule has 0 saturated carbocycles. The monoisotopic (exact) mass is 402 g/mol. The topological polar surface area (TPSA) is 90.5 Å². The van der Waals surface area contributed by atoms with E-state index in [2.05, 4.69) is 34.7 Å². The molecule has 0 spiro atoms. The summed E-state index contributed by atoms with van der Waals surface area (Å²) in [6.07, 6.45) is 4.09. The molecule has 0 aliphatic carbocycles. The van der Waals surface area contributed by atoms with E-state index in [0.29, 0.717) is 25.7 Å². The zero-order valence-corrected chi connectivity index (χ0v) is 17.6. The number of benzene rings is 1. The van der Waals surface area contributed by atoms with Crippen LogP contribution < -0.4 is 16.0 Å². The largest absolute Gasteiger partial charge is 0.356 e. The van der Waals surface area contributed by atoms with E-state index in [4.69, 9.17) is 0 Å². The first-order valence-electron chi connectivity index (χ1n) is 10.6. The molecule has 1 heterocycles. The number of unbranched alkanes of at least 4 members (excludes halogenated alkanes) is 1. The van der Waals surface area contributed by atoms with Crippen LogP contribution in [-0.4, -0.2) is 48.4 Å². The maximum absolute atomic E-state index is 12.3. The second-order valence-electron chi connectivity index (χ2n) is 7.73. The Balaban J connectivity index is 1.70. The standard InChI is InChI=1S/C22H34N4O3/c1-3-4-13-23-21(28)19-11-10-17(2)26(16-19)14-12-20(27)25-22(29)24-15-18-8-6-5-7-9-18/h5-9,17,19H,3-4,10-16H2,1-2H3,(H,23,28)(H2,24,25,27,29). The summed E-state index contributed by atoms with van der Waals surface area (Å²) in [6.45, 7) is 6.52. The number of likely N-dealkylation sites (tertiary alicyclic amines) is 1. The van der Waals surface area contributed by atoms with Crippen molar-refractivity contribution in [3.8, 4) is 0 Å². The van der Waals surface area contributed by atoms with Gasteiger partial charge in [-0.25, -0.2) is 4.79 Å². The summed E-state index contributed by atoms with van der Waals surface area (Å²) in [5.74, 6) is -0.224. The Kier molecular flexibility index (Phi) is 9.64. The fourth-order valence-corrected chi connectivity index (χ4v) is 3.49. The minimum absolute atomic E-state index is 0.0275. The predicted octanol–water partition coefficient (Wildman–Crippen LogP) is 2.42.